The van der Waals surface area contributed by atoms with E-state index < -0.39 is 15.9 Å². The minimum absolute atomic E-state index is 0.169. The van der Waals surface area contributed by atoms with Gasteiger partial charge in [0.2, 0.25) is 0 Å². The summed E-state index contributed by atoms with van der Waals surface area (Å²) in [7, 11) is -3.11. The Balaban J connectivity index is 1.71. The number of hydrogen-bond donors (Lipinski definition) is 1. The fraction of sp³-hybridized carbons (Fsp3) is 0.444. The molecule has 0 radical (unpaired) electrons. The zero-order chi connectivity index (χ0) is 16.6. The van der Waals surface area contributed by atoms with E-state index >= 15 is 0 Å². The summed E-state index contributed by atoms with van der Waals surface area (Å²) in [4.78, 5) is 0.423. The number of hydrogen-bond acceptors (Lipinski definition) is 3. The van der Waals surface area contributed by atoms with E-state index in [-0.39, 0.29) is 11.2 Å². The average Bonchev–Trinajstić information content (AvgIpc) is 3.28. The fourth-order valence-corrected chi connectivity index (χ4v) is 4.34. The molecule has 1 atom stereocenters. The van der Waals surface area contributed by atoms with E-state index in [2.05, 4.69) is 0 Å². The van der Waals surface area contributed by atoms with Crippen LogP contribution in [0.15, 0.2) is 47.6 Å². The van der Waals surface area contributed by atoms with Crippen LogP contribution in [0.1, 0.15) is 43.9 Å². The topological polar surface area (TPSA) is 59.3 Å². The quantitative estimate of drug-likeness (QED) is 0.883. The van der Waals surface area contributed by atoms with Gasteiger partial charge in [0.1, 0.15) is 0 Å². The molecule has 0 aliphatic heterocycles. The second kappa shape index (κ2) is 6.13. The molecule has 4 nitrogen and oxygen atoms in total. The van der Waals surface area contributed by atoms with Crippen molar-refractivity contribution < 1.29 is 13.5 Å². The molecule has 1 aromatic carbocycles. The number of nitrogens with zero attached hydrogens (tertiary/aromatic N) is 1. The number of sulfone groups is 1. The molecule has 1 saturated carbocycles. The van der Waals surface area contributed by atoms with Gasteiger partial charge in [0.15, 0.2) is 9.84 Å². The molecule has 1 aromatic heterocycles. The van der Waals surface area contributed by atoms with Crippen molar-refractivity contribution in [2.75, 3.05) is 0 Å². The molecule has 5 heteroatoms. The molecule has 2 aromatic rings. The minimum Gasteiger partial charge on any atom is -0.388 e. The van der Waals surface area contributed by atoms with E-state index in [1.165, 1.54) is 0 Å². The van der Waals surface area contributed by atoms with Gasteiger partial charge in [0.25, 0.3) is 0 Å². The maximum atomic E-state index is 12.2. The van der Waals surface area contributed by atoms with Gasteiger partial charge in [-0.25, -0.2) is 8.42 Å². The first-order valence-corrected chi connectivity index (χ1v) is 9.59. The summed E-state index contributed by atoms with van der Waals surface area (Å²) in [6.45, 7) is 4.64. The van der Waals surface area contributed by atoms with Gasteiger partial charge in [-0.3, -0.25) is 0 Å². The van der Waals surface area contributed by atoms with Gasteiger partial charge in [-0.1, -0.05) is 26.0 Å². The van der Waals surface area contributed by atoms with E-state index in [1.807, 2.05) is 49.0 Å². The lowest BCUT2D eigenvalue weighted by Gasteiger charge is -2.12. The molecule has 0 bridgehead atoms. The van der Waals surface area contributed by atoms with Crippen LogP contribution in [0.4, 0.5) is 0 Å². The first-order valence-electron chi connectivity index (χ1n) is 8.04. The molecule has 23 heavy (non-hydrogen) atoms. The maximum absolute atomic E-state index is 12.2. The van der Waals surface area contributed by atoms with E-state index in [1.54, 1.807) is 12.1 Å². The van der Waals surface area contributed by atoms with Gasteiger partial charge < -0.3 is 9.67 Å². The highest BCUT2D eigenvalue weighted by molar-refractivity contribution is 7.92. The van der Waals surface area contributed by atoms with Crippen molar-refractivity contribution in [3.8, 4) is 0 Å². The standard InChI is InChI=1S/C18H23NO3S/c1-13(2)18(20)15-9-10-19(12-15)11-14-3-5-16(6-4-14)23(21,22)17-7-8-17/h3-6,9-10,12-13,17-18,20H,7-8,11H2,1-2H3. The fourth-order valence-electron chi connectivity index (χ4n) is 2.68. The van der Waals surface area contributed by atoms with Crippen LogP contribution in [0.3, 0.4) is 0 Å². The molecule has 0 amide bonds. The van der Waals surface area contributed by atoms with Gasteiger partial charge in [0.05, 0.1) is 16.2 Å². The van der Waals surface area contributed by atoms with Crippen LogP contribution in [0, 0.1) is 5.92 Å². The number of benzene rings is 1. The molecule has 1 aliphatic carbocycles. The summed E-state index contributed by atoms with van der Waals surface area (Å²) in [5.74, 6) is 0.178. The van der Waals surface area contributed by atoms with Crippen LogP contribution in [0.2, 0.25) is 0 Å². The molecular formula is C18H23NO3S. The molecule has 1 N–H and O–H groups in total. The van der Waals surface area contributed by atoms with Crippen LogP contribution in [0.25, 0.3) is 0 Å². The summed E-state index contributed by atoms with van der Waals surface area (Å²) < 4.78 is 26.4. The minimum atomic E-state index is -3.11. The Bertz CT molecular complexity index is 771. The zero-order valence-corrected chi connectivity index (χ0v) is 14.3. The van der Waals surface area contributed by atoms with Crippen molar-refractivity contribution in [3.63, 3.8) is 0 Å². The van der Waals surface area contributed by atoms with Crippen molar-refractivity contribution in [2.45, 2.75) is 49.5 Å². The highest BCUT2D eigenvalue weighted by Gasteiger charge is 2.36. The first kappa shape index (κ1) is 16.3. The Labute approximate surface area is 137 Å². The molecular weight excluding hydrogens is 310 g/mol. The van der Waals surface area contributed by atoms with Crippen LogP contribution >= 0.6 is 0 Å². The van der Waals surface area contributed by atoms with E-state index in [9.17, 15) is 13.5 Å². The van der Waals surface area contributed by atoms with Crippen molar-refractivity contribution in [1.82, 2.24) is 4.57 Å². The normalized spacial score (nSPS) is 16.7. The maximum Gasteiger partial charge on any atom is 0.181 e. The lowest BCUT2D eigenvalue weighted by atomic mass is 10.0. The molecule has 1 aliphatic rings. The Morgan fingerprint density at radius 3 is 2.39 bits per heavy atom. The lowest BCUT2D eigenvalue weighted by molar-refractivity contribution is 0.127. The van der Waals surface area contributed by atoms with Crippen molar-refractivity contribution in [3.05, 3.63) is 53.9 Å². The Kier molecular flexibility index (Phi) is 4.34. The molecule has 1 unspecified atom stereocenters. The van der Waals surface area contributed by atoms with Crippen molar-refractivity contribution >= 4 is 9.84 Å². The molecule has 1 heterocycles. The molecule has 124 valence electrons. The third-order valence-corrected chi connectivity index (χ3v) is 6.60. The van der Waals surface area contributed by atoms with E-state index in [0.717, 1.165) is 24.0 Å². The predicted molar refractivity (Wildman–Crippen MR) is 90.0 cm³/mol. The summed E-state index contributed by atoms with van der Waals surface area (Å²) >= 11 is 0. The van der Waals surface area contributed by atoms with Crippen LogP contribution in [-0.4, -0.2) is 23.3 Å². The van der Waals surface area contributed by atoms with Gasteiger partial charge in [-0.05, 0) is 48.1 Å². The van der Waals surface area contributed by atoms with Crippen molar-refractivity contribution in [2.24, 2.45) is 5.92 Å². The Morgan fingerprint density at radius 2 is 1.83 bits per heavy atom. The lowest BCUT2D eigenvalue weighted by Crippen LogP contribution is -2.07. The van der Waals surface area contributed by atoms with Gasteiger partial charge in [0, 0.05) is 18.9 Å². The monoisotopic (exact) mass is 333 g/mol. The summed E-state index contributed by atoms with van der Waals surface area (Å²) in [6.07, 6.45) is 5.00. The third-order valence-electron chi connectivity index (χ3n) is 4.33. The van der Waals surface area contributed by atoms with Gasteiger partial charge >= 0.3 is 0 Å². The molecule has 3 rings (SSSR count). The Morgan fingerprint density at radius 1 is 1.17 bits per heavy atom. The molecule has 1 fully saturated rings. The van der Waals surface area contributed by atoms with Crippen LogP contribution in [0.5, 0.6) is 0 Å². The van der Waals surface area contributed by atoms with Crippen molar-refractivity contribution in [1.29, 1.82) is 0 Å². The molecule has 0 spiro atoms. The van der Waals surface area contributed by atoms with Gasteiger partial charge in [-0.15, -0.1) is 0 Å². The van der Waals surface area contributed by atoms with Gasteiger partial charge in [-0.2, -0.15) is 0 Å². The summed E-state index contributed by atoms with van der Waals surface area (Å²) in [5.41, 5.74) is 1.95. The van der Waals surface area contributed by atoms with E-state index in [4.69, 9.17) is 0 Å². The highest BCUT2D eigenvalue weighted by atomic mass is 32.2. The summed E-state index contributed by atoms with van der Waals surface area (Å²) in [5, 5.41) is 9.91. The smallest absolute Gasteiger partial charge is 0.181 e. The largest absolute Gasteiger partial charge is 0.388 e. The average molecular weight is 333 g/mol. The predicted octanol–water partition coefficient (Wildman–Crippen LogP) is 3.16. The van der Waals surface area contributed by atoms with Crippen LogP contribution < -0.4 is 0 Å². The third kappa shape index (κ3) is 3.51. The number of aliphatic hydroxyl groups is 1. The highest BCUT2D eigenvalue weighted by Crippen LogP contribution is 2.33. The van der Waals surface area contributed by atoms with Crippen LogP contribution in [-0.2, 0) is 16.4 Å². The number of aliphatic hydroxyl groups excluding tert-OH is 1. The van der Waals surface area contributed by atoms with E-state index in [0.29, 0.717) is 11.4 Å². The second-order valence-corrected chi connectivity index (χ2v) is 8.92. The number of aromatic nitrogens is 1. The second-order valence-electron chi connectivity index (χ2n) is 6.69. The summed E-state index contributed by atoms with van der Waals surface area (Å²) in [6, 6.07) is 9.07. The SMILES string of the molecule is CC(C)C(O)c1ccn(Cc2ccc(S(=O)(=O)C3CC3)cc2)c1. The Hall–Kier alpha value is -1.59. The first-order chi connectivity index (χ1) is 10.9. The number of rotatable bonds is 6. The molecule has 0 saturated heterocycles. The zero-order valence-electron chi connectivity index (χ0n) is 13.5.